The molecule has 1 fully saturated rings. The van der Waals surface area contributed by atoms with Crippen LogP contribution in [-0.2, 0) is 19.6 Å². The zero-order chi connectivity index (χ0) is 15.9. The molecular weight excluding hydrogens is 296 g/mol. The highest BCUT2D eigenvalue weighted by atomic mass is 32.2. The van der Waals surface area contributed by atoms with Crippen LogP contribution in [0, 0.1) is 0 Å². The van der Waals surface area contributed by atoms with Crippen LogP contribution in [0.2, 0.25) is 0 Å². The number of ether oxygens (including phenoxy) is 1. The van der Waals surface area contributed by atoms with Crippen molar-refractivity contribution >= 4 is 15.9 Å². The molecule has 2 N–H and O–H groups in total. The molecule has 124 valence electrons. The number of hydrogen-bond acceptors (Lipinski definition) is 5. The summed E-state index contributed by atoms with van der Waals surface area (Å²) in [7, 11) is -1.85. The van der Waals surface area contributed by atoms with E-state index in [-0.39, 0.29) is 24.3 Å². The molecule has 7 nitrogen and oxygen atoms in total. The quantitative estimate of drug-likeness (QED) is 0.608. The summed E-state index contributed by atoms with van der Waals surface area (Å²) in [6.45, 7) is 2.44. The molecular formula is C13H26N2O5S. The number of methoxy groups -OCH3 is 1. The molecule has 0 bridgehead atoms. The number of aliphatic hydroxyl groups excluding tert-OH is 1. The molecule has 8 heteroatoms. The third-order valence-electron chi connectivity index (χ3n) is 3.52. The molecule has 0 aromatic carbocycles. The Bertz CT molecular complexity index is 420. The maximum absolute atomic E-state index is 12.3. The molecule has 0 aliphatic carbocycles. The van der Waals surface area contributed by atoms with Gasteiger partial charge in [0.25, 0.3) is 0 Å². The van der Waals surface area contributed by atoms with Gasteiger partial charge in [-0.1, -0.05) is 6.92 Å². The van der Waals surface area contributed by atoms with Crippen LogP contribution >= 0.6 is 0 Å². The zero-order valence-corrected chi connectivity index (χ0v) is 13.6. The molecule has 1 aliphatic rings. The highest BCUT2D eigenvalue weighted by Crippen LogP contribution is 2.22. The van der Waals surface area contributed by atoms with E-state index < -0.39 is 16.1 Å². The van der Waals surface area contributed by atoms with Crippen molar-refractivity contribution in [1.82, 2.24) is 9.62 Å². The number of carbonyl (C=O) groups is 1. The van der Waals surface area contributed by atoms with Gasteiger partial charge in [-0.15, -0.1) is 0 Å². The number of sulfonamides is 1. The van der Waals surface area contributed by atoms with E-state index in [1.54, 1.807) is 6.92 Å². The van der Waals surface area contributed by atoms with Crippen LogP contribution < -0.4 is 5.32 Å². The first-order chi connectivity index (χ1) is 9.96. The lowest BCUT2D eigenvalue weighted by Crippen LogP contribution is -2.50. The van der Waals surface area contributed by atoms with Crippen LogP contribution in [0.25, 0.3) is 0 Å². The van der Waals surface area contributed by atoms with Crippen LogP contribution in [0.15, 0.2) is 0 Å². The van der Waals surface area contributed by atoms with Crippen LogP contribution in [-0.4, -0.2) is 68.4 Å². The van der Waals surface area contributed by atoms with Crippen LogP contribution in [0.1, 0.15) is 32.6 Å². The van der Waals surface area contributed by atoms with Crippen molar-refractivity contribution < 1.29 is 23.1 Å². The second-order valence-corrected chi connectivity index (χ2v) is 7.30. The van der Waals surface area contributed by atoms with E-state index >= 15 is 0 Å². The number of carbonyl (C=O) groups excluding carboxylic acids is 1. The third-order valence-corrected chi connectivity index (χ3v) is 5.59. The highest BCUT2D eigenvalue weighted by Gasteiger charge is 2.38. The van der Waals surface area contributed by atoms with Gasteiger partial charge in [0, 0.05) is 20.3 Å². The number of nitrogens with zero attached hydrogens (tertiary/aromatic N) is 1. The van der Waals surface area contributed by atoms with Crippen molar-refractivity contribution in [2.24, 2.45) is 0 Å². The molecule has 1 amide bonds. The van der Waals surface area contributed by atoms with Crippen molar-refractivity contribution in [3.63, 3.8) is 0 Å². The van der Waals surface area contributed by atoms with Crippen LogP contribution in [0.4, 0.5) is 0 Å². The predicted octanol–water partition coefficient (Wildman–Crippen LogP) is -0.296. The van der Waals surface area contributed by atoms with Gasteiger partial charge in [-0.2, -0.15) is 4.31 Å². The fourth-order valence-electron chi connectivity index (χ4n) is 2.56. The number of rotatable bonds is 9. The molecule has 0 aromatic heterocycles. The second-order valence-electron chi connectivity index (χ2n) is 5.26. The summed E-state index contributed by atoms with van der Waals surface area (Å²) in [4.78, 5) is 12.3. The average molecular weight is 322 g/mol. The maximum Gasteiger partial charge on any atom is 0.238 e. The Morgan fingerprint density at radius 3 is 2.81 bits per heavy atom. The number of hydrogen-bond donors (Lipinski definition) is 2. The molecule has 1 heterocycles. The van der Waals surface area contributed by atoms with E-state index in [1.807, 2.05) is 0 Å². The normalized spacial score (nSPS) is 21.4. The van der Waals surface area contributed by atoms with Gasteiger partial charge in [0.2, 0.25) is 15.9 Å². The van der Waals surface area contributed by atoms with Gasteiger partial charge in [-0.05, 0) is 25.7 Å². The molecule has 2 unspecified atom stereocenters. The van der Waals surface area contributed by atoms with Crippen molar-refractivity contribution in [3.8, 4) is 0 Å². The minimum absolute atomic E-state index is 0.0587. The third kappa shape index (κ3) is 5.21. The smallest absolute Gasteiger partial charge is 0.238 e. The van der Waals surface area contributed by atoms with Crippen molar-refractivity contribution in [2.75, 3.05) is 32.6 Å². The minimum Gasteiger partial charge on any atom is -0.396 e. The van der Waals surface area contributed by atoms with Gasteiger partial charge >= 0.3 is 0 Å². The van der Waals surface area contributed by atoms with Crippen molar-refractivity contribution in [3.05, 3.63) is 0 Å². The number of nitrogens with one attached hydrogen (secondary N) is 1. The van der Waals surface area contributed by atoms with Gasteiger partial charge in [0.15, 0.2) is 0 Å². The second kappa shape index (κ2) is 8.67. The summed E-state index contributed by atoms with van der Waals surface area (Å²) >= 11 is 0. The van der Waals surface area contributed by atoms with Crippen LogP contribution in [0.3, 0.4) is 0 Å². The lowest BCUT2D eigenvalue weighted by atomic mass is 10.1. The Morgan fingerprint density at radius 1 is 1.52 bits per heavy atom. The fraction of sp³-hybridized carbons (Fsp3) is 0.923. The van der Waals surface area contributed by atoms with E-state index in [0.717, 1.165) is 0 Å². The topological polar surface area (TPSA) is 95.9 Å². The molecule has 21 heavy (non-hydrogen) atoms. The van der Waals surface area contributed by atoms with Gasteiger partial charge < -0.3 is 15.2 Å². The standard InChI is InChI=1S/C13H26N2O5S/c1-3-9-21(18,19)15-7-4-5-12(15)13(17)14-11(6-8-16)10-20-2/h11-12,16H,3-10H2,1-2H3,(H,14,17). The van der Waals surface area contributed by atoms with E-state index in [2.05, 4.69) is 5.32 Å². The summed E-state index contributed by atoms with van der Waals surface area (Å²) in [6, 6.07) is -0.941. The average Bonchev–Trinajstić information content (AvgIpc) is 2.89. The molecule has 2 atom stereocenters. The van der Waals surface area contributed by atoms with Crippen molar-refractivity contribution in [2.45, 2.75) is 44.7 Å². The first kappa shape index (κ1) is 18.3. The molecule has 0 saturated carbocycles. The Labute approximate surface area is 126 Å². The summed E-state index contributed by atoms with van der Waals surface area (Å²) < 4.78 is 30.6. The molecule has 0 spiro atoms. The van der Waals surface area contributed by atoms with E-state index in [9.17, 15) is 13.2 Å². The van der Waals surface area contributed by atoms with E-state index in [0.29, 0.717) is 38.8 Å². The molecule has 1 rings (SSSR count). The minimum atomic E-state index is -3.37. The lowest BCUT2D eigenvalue weighted by Gasteiger charge is -2.25. The van der Waals surface area contributed by atoms with Crippen molar-refractivity contribution in [1.29, 1.82) is 0 Å². The lowest BCUT2D eigenvalue weighted by molar-refractivity contribution is -0.125. The number of amides is 1. The number of aliphatic hydroxyl groups is 1. The SMILES string of the molecule is CCCS(=O)(=O)N1CCCC1C(=O)NC(CCO)COC. The van der Waals surface area contributed by atoms with Gasteiger partial charge in [-0.3, -0.25) is 4.79 Å². The summed E-state index contributed by atoms with van der Waals surface area (Å²) in [5.41, 5.74) is 0. The van der Waals surface area contributed by atoms with Gasteiger partial charge in [0.05, 0.1) is 18.4 Å². The fourth-order valence-corrected chi connectivity index (χ4v) is 4.31. The molecule has 0 aromatic rings. The first-order valence-electron chi connectivity index (χ1n) is 7.36. The van der Waals surface area contributed by atoms with Crippen LogP contribution in [0.5, 0.6) is 0 Å². The first-order valence-corrected chi connectivity index (χ1v) is 8.96. The summed E-state index contributed by atoms with van der Waals surface area (Å²) in [6.07, 6.45) is 2.14. The summed E-state index contributed by atoms with van der Waals surface area (Å²) in [5.74, 6) is -0.239. The Kier molecular flexibility index (Phi) is 7.58. The largest absolute Gasteiger partial charge is 0.396 e. The molecule has 1 aliphatic heterocycles. The maximum atomic E-state index is 12.3. The monoisotopic (exact) mass is 322 g/mol. The highest BCUT2D eigenvalue weighted by molar-refractivity contribution is 7.89. The zero-order valence-electron chi connectivity index (χ0n) is 12.7. The Hall–Kier alpha value is -0.700. The van der Waals surface area contributed by atoms with E-state index in [1.165, 1.54) is 11.4 Å². The Morgan fingerprint density at radius 2 is 2.24 bits per heavy atom. The molecule has 1 saturated heterocycles. The Balaban J connectivity index is 2.71. The van der Waals surface area contributed by atoms with Gasteiger partial charge in [0.1, 0.15) is 6.04 Å². The predicted molar refractivity (Wildman–Crippen MR) is 79.3 cm³/mol. The van der Waals surface area contributed by atoms with Gasteiger partial charge in [-0.25, -0.2) is 8.42 Å². The van der Waals surface area contributed by atoms with E-state index in [4.69, 9.17) is 9.84 Å². The molecule has 0 radical (unpaired) electrons. The summed E-state index contributed by atoms with van der Waals surface area (Å²) in [5, 5.41) is 11.8.